The number of nitrogens with zero attached hydrogens (tertiary/aromatic N) is 3. The number of para-hydroxylation sites is 2. The fourth-order valence-corrected chi connectivity index (χ4v) is 4.28. The first-order valence-electron chi connectivity index (χ1n) is 7.55. The highest BCUT2D eigenvalue weighted by Crippen LogP contribution is 2.32. The molecule has 1 N–H and O–H groups in total. The topological polar surface area (TPSA) is 50.9 Å². The third-order valence-corrected chi connectivity index (χ3v) is 5.44. The average molecular weight is 311 g/mol. The summed E-state index contributed by atoms with van der Waals surface area (Å²) in [6.45, 7) is 0. The minimum absolute atomic E-state index is 0.257. The molecule has 1 aromatic carbocycles. The van der Waals surface area contributed by atoms with E-state index in [1.165, 1.54) is 18.6 Å². The molecule has 3 aromatic rings. The molecule has 1 unspecified atom stereocenters. The van der Waals surface area contributed by atoms with Crippen LogP contribution in [0.5, 0.6) is 5.75 Å². The molecule has 0 radical (unpaired) electrons. The highest BCUT2D eigenvalue weighted by molar-refractivity contribution is 8.00. The van der Waals surface area contributed by atoms with Crippen LogP contribution >= 0.6 is 11.8 Å². The maximum atomic E-state index is 10.2. The normalized spacial score (nSPS) is 18.1. The van der Waals surface area contributed by atoms with Gasteiger partial charge in [-0.15, -0.1) is 0 Å². The first kappa shape index (κ1) is 13.6. The molecular weight excluding hydrogens is 294 g/mol. The van der Waals surface area contributed by atoms with Crippen LogP contribution in [0, 0.1) is 0 Å². The molecule has 4 rings (SSSR count). The Morgan fingerprint density at radius 1 is 1.23 bits per heavy atom. The predicted octanol–water partition coefficient (Wildman–Crippen LogP) is 3.56. The number of thioether (sulfide) groups is 1. The summed E-state index contributed by atoms with van der Waals surface area (Å²) in [5.41, 5.74) is 2.44. The zero-order valence-corrected chi connectivity index (χ0v) is 13.0. The average Bonchev–Trinajstić information content (AvgIpc) is 3.16. The molecule has 4 nitrogen and oxygen atoms in total. The number of pyridine rings is 1. The Morgan fingerprint density at radius 2 is 2.14 bits per heavy atom. The summed E-state index contributed by atoms with van der Waals surface area (Å²) in [6.07, 6.45) is 5.20. The predicted molar refractivity (Wildman–Crippen MR) is 89.7 cm³/mol. The Hall–Kier alpha value is -2.01. The third kappa shape index (κ3) is 2.35. The number of aromatic nitrogens is 3. The van der Waals surface area contributed by atoms with Crippen molar-refractivity contribution in [2.45, 2.75) is 24.5 Å². The molecule has 1 aliphatic heterocycles. The molecule has 22 heavy (non-hydrogen) atoms. The molecule has 0 spiro atoms. The monoisotopic (exact) mass is 311 g/mol. The van der Waals surface area contributed by atoms with E-state index in [2.05, 4.69) is 4.98 Å². The molecule has 3 heterocycles. The molecule has 0 amide bonds. The Labute approximate surface area is 133 Å². The zero-order valence-electron chi connectivity index (χ0n) is 12.1. The van der Waals surface area contributed by atoms with Crippen LogP contribution in [0.2, 0.25) is 0 Å². The van der Waals surface area contributed by atoms with Crippen molar-refractivity contribution in [1.29, 1.82) is 0 Å². The highest BCUT2D eigenvalue weighted by Gasteiger charge is 2.22. The number of phenols is 1. The van der Waals surface area contributed by atoms with Gasteiger partial charge >= 0.3 is 0 Å². The second kappa shape index (κ2) is 5.65. The lowest BCUT2D eigenvalue weighted by Crippen LogP contribution is -2.09. The van der Waals surface area contributed by atoms with Gasteiger partial charge in [-0.2, -0.15) is 11.8 Å². The lowest BCUT2D eigenvalue weighted by Gasteiger charge is -2.12. The Kier molecular flexibility index (Phi) is 3.50. The largest absolute Gasteiger partial charge is 0.506 e. The van der Waals surface area contributed by atoms with Crippen LogP contribution in [0.3, 0.4) is 0 Å². The van der Waals surface area contributed by atoms with Crippen LogP contribution < -0.4 is 0 Å². The lowest BCUT2D eigenvalue weighted by molar-refractivity contribution is 0.472. The number of fused-ring (bicyclic) bond motifs is 1. The van der Waals surface area contributed by atoms with E-state index in [0.717, 1.165) is 29.1 Å². The number of hydrogen-bond acceptors (Lipinski definition) is 4. The number of hydrogen-bond donors (Lipinski definition) is 1. The van der Waals surface area contributed by atoms with Gasteiger partial charge in [0.15, 0.2) is 5.65 Å². The zero-order chi connectivity index (χ0) is 14.9. The number of aromatic hydroxyl groups is 1. The molecule has 2 aromatic heterocycles. The molecule has 0 bridgehead atoms. The maximum Gasteiger partial charge on any atom is 0.164 e. The number of rotatable bonds is 3. The summed E-state index contributed by atoms with van der Waals surface area (Å²) in [6, 6.07) is 11.3. The highest BCUT2D eigenvalue weighted by atomic mass is 32.2. The van der Waals surface area contributed by atoms with E-state index in [-0.39, 0.29) is 5.75 Å². The van der Waals surface area contributed by atoms with Crippen LogP contribution in [-0.4, -0.2) is 30.6 Å². The van der Waals surface area contributed by atoms with Crippen LogP contribution in [-0.2, 0) is 6.42 Å². The van der Waals surface area contributed by atoms with Crippen molar-refractivity contribution < 1.29 is 5.11 Å². The number of phenolic OH excluding ortho intramolecular Hbond substituents is 1. The third-order valence-electron chi connectivity index (χ3n) is 4.04. The summed E-state index contributed by atoms with van der Waals surface area (Å²) in [7, 11) is 0. The van der Waals surface area contributed by atoms with Gasteiger partial charge in [-0.25, -0.2) is 9.97 Å². The second-order valence-electron chi connectivity index (χ2n) is 5.54. The summed E-state index contributed by atoms with van der Waals surface area (Å²) in [4.78, 5) is 9.25. The SMILES string of the molecule is Oc1ccccc1-n1c(CC2CCCS2)nc2cccnc21. The lowest BCUT2D eigenvalue weighted by atomic mass is 10.2. The molecule has 5 heteroatoms. The van der Waals surface area contributed by atoms with E-state index < -0.39 is 0 Å². The fourth-order valence-electron chi connectivity index (χ4n) is 3.01. The molecule has 1 fully saturated rings. The van der Waals surface area contributed by atoms with Gasteiger partial charge in [0, 0.05) is 17.9 Å². The number of imidazole rings is 1. The summed E-state index contributed by atoms with van der Waals surface area (Å²) in [5, 5.41) is 10.9. The molecule has 112 valence electrons. The minimum Gasteiger partial charge on any atom is -0.506 e. The van der Waals surface area contributed by atoms with Crippen molar-refractivity contribution in [3.05, 3.63) is 48.4 Å². The first-order valence-corrected chi connectivity index (χ1v) is 8.60. The molecular formula is C17H17N3OS. The van der Waals surface area contributed by atoms with Crippen molar-refractivity contribution in [3.8, 4) is 11.4 Å². The van der Waals surface area contributed by atoms with Crippen LogP contribution in [0.4, 0.5) is 0 Å². The quantitative estimate of drug-likeness (QED) is 0.803. The summed E-state index contributed by atoms with van der Waals surface area (Å²) >= 11 is 2.02. The van der Waals surface area contributed by atoms with E-state index in [1.54, 1.807) is 12.3 Å². The first-order chi connectivity index (χ1) is 10.8. The smallest absolute Gasteiger partial charge is 0.164 e. The van der Waals surface area contributed by atoms with Crippen LogP contribution in [0.1, 0.15) is 18.7 Å². The van der Waals surface area contributed by atoms with Crippen molar-refractivity contribution in [3.63, 3.8) is 0 Å². The van der Waals surface area contributed by atoms with E-state index in [0.29, 0.717) is 5.25 Å². The van der Waals surface area contributed by atoms with Gasteiger partial charge in [0.25, 0.3) is 0 Å². The fraction of sp³-hybridized carbons (Fsp3) is 0.294. The van der Waals surface area contributed by atoms with Crippen LogP contribution in [0.15, 0.2) is 42.6 Å². The Morgan fingerprint density at radius 3 is 2.95 bits per heavy atom. The molecule has 1 atom stereocenters. The molecule has 1 aliphatic rings. The van der Waals surface area contributed by atoms with Gasteiger partial charge in [0.2, 0.25) is 0 Å². The summed E-state index contributed by atoms with van der Waals surface area (Å²) in [5.74, 6) is 2.47. The van der Waals surface area contributed by atoms with Crippen LogP contribution in [0.25, 0.3) is 16.9 Å². The van der Waals surface area contributed by atoms with Gasteiger partial charge in [-0.05, 0) is 42.9 Å². The minimum atomic E-state index is 0.257. The van der Waals surface area contributed by atoms with Crippen molar-refractivity contribution in [1.82, 2.24) is 14.5 Å². The number of benzene rings is 1. The Bertz CT molecular complexity index is 809. The van der Waals surface area contributed by atoms with Crippen molar-refractivity contribution in [2.75, 3.05) is 5.75 Å². The van der Waals surface area contributed by atoms with Gasteiger partial charge in [-0.3, -0.25) is 4.57 Å². The summed E-state index contributed by atoms with van der Waals surface area (Å²) < 4.78 is 2.00. The van der Waals surface area contributed by atoms with Crippen molar-refractivity contribution >= 4 is 22.9 Å². The van der Waals surface area contributed by atoms with E-state index in [9.17, 15) is 5.11 Å². The second-order valence-corrected chi connectivity index (χ2v) is 6.95. The molecule has 0 aliphatic carbocycles. The maximum absolute atomic E-state index is 10.2. The van der Waals surface area contributed by atoms with Gasteiger partial charge in [0.05, 0.1) is 5.69 Å². The van der Waals surface area contributed by atoms with E-state index in [1.807, 2.05) is 46.7 Å². The van der Waals surface area contributed by atoms with E-state index in [4.69, 9.17) is 4.98 Å². The van der Waals surface area contributed by atoms with Gasteiger partial charge < -0.3 is 5.11 Å². The van der Waals surface area contributed by atoms with Crippen molar-refractivity contribution in [2.24, 2.45) is 0 Å². The van der Waals surface area contributed by atoms with Gasteiger partial charge in [0.1, 0.15) is 17.1 Å². The standard InChI is InChI=1S/C17H17N3OS/c21-15-8-2-1-7-14(15)20-16(11-12-5-4-10-22-12)19-13-6-3-9-18-17(13)20/h1-3,6-9,12,21H,4-5,10-11H2. The van der Waals surface area contributed by atoms with E-state index >= 15 is 0 Å². The molecule has 0 saturated carbocycles. The Balaban J connectivity index is 1.88. The van der Waals surface area contributed by atoms with Gasteiger partial charge in [-0.1, -0.05) is 12.1 Å². The molecule has 1 saturated heterocycles.